The molecule has 4 aromatic heterocycles. The molecule has 4 heterocycles. The number of carbonyl (C=O) groups is 1. The van der Waals surface area contributed by atoms with Crippen molar-refractivity contribution >= 4 is 5.97 Å². The molecule has 1 N–H and O–H groups in total. The van der Waals surface area contributed by atoms with E-state index in [0.717, 1.165) is 40.9 Å². The molecule has 0 atom stereocenters. The SMILES string of the molecule is CCCCc1cn(-c2c(C(=O)OC)cnn2C)c(=O)n1Cc1cc(-c2cccc(-c3nn[nH]n3)c2)ccn1. The van der Waals surface area contributed by atoms with Gasteiger partial charge in [-0.2, -0.15) is 10.3 Å². The number of nitrogens with one attached hydrogen (secondary N) is 1. The maximum Gasteiger partial charge on any atom is 0.343 e. The highest BCUT2D eigenvalue weighted by molar-refractivity contribution is 5.92. The number of imidazole rings is 1. The zero-order chi connectivity index (χ0) is 26.6. The largest absolute Gasteiger partial charge is 0.465 e. The van der Waals surface area contributed by atoms with Crippen LogP contribution in [0.25, 0.3) is 28.3 Å². The minimum Gasteiger partial charge on any atom is -0.465 e. The molecular formula is C26H27N9O3. The predicted molar refractivity (Wildman–Crippen MR) is 139 cm³/mol. The molecule has 12 nitrogen and oxygen atoms in total. The first-order valence-electron chi connectivity index (χ1n) is 12.2. The zero-order valence-electron chi connectivity index (χ0n) is 21.3. The zero-order valence-corrected chi connectivity index (χ0v) is 21.3. The number of ether oxygens (including phenoxy) is 1. The van der Waals surface area contributed by atoms with Gasteiger partial charge in [0.25, 0.3) is 0 Å². The predicted octanol–water partition coefficient (Wildman–Crippen LogP) is 2.79. The van der Waals surface area contributed by atoms with Gasteiger partial charge in [0.2, 0.25) is 5.82 Å². The van der Waals surface area contributed by atoms with E-state index in [2.05, 4.69) is 37.6 Å². The number of rotatable bonds is 9. The Morgan fingerprint density at radius 3 is 2.71 bits per heavy atom. The van der Waals surface area contributed by atoms with Crippen LogP contribution in [0.3, 0.4) is 0 Å². The maximum atomic E-state index is 13.7. The topological polar surface area (TPSA) is 138 Å². The van der Waals surface area contributed by atoms with Crippen molar-refractivity contribution in [3.63, 3.8) is 0 Å². The quantitative estimate of drug-likeness (QED) is 0.297. The number of H-pyrrole nitrogens is 1. The minimum atomic E-state index is -0.555. The Labute approximate surface area is 217 Å². The van der Waals surface area contributed by atoms with Crippen LogP contribution in [-0.2, 0) is 24.8 Å². The van der Waals surface area contributed by atoms with Crippen LogP contribution in [0.5, 0.6) is 0 Å². The molecule has 0 radical (unpaired) electrons. The Morgan fingerprint density at radius 2 is 1.95 bits per heavy atom. The summed E-state index contributed by atoms with van der Waals surface area (Å²) >= 11 is 0. The highest BCUT2D eigenvalue weighted by Gasteiger charge is 2.22. The molecule has 12 heteroatoms. The highest BCUT2D eigenvalue weighted by atomic mass is 16.5. The number of aromatic nitrogens is 9. The van der Waals surface area contributed by atoms with Crippen LogP contribution in [0.15, 0.2) is 59.8 Å². The molecule has 0 fully saturated rings. The summed E-state index contributed by atoms with van der Waals surface area (Å²) in [5.74, 6) is 0.315. The number of hydrogen-bond acceptors (Lipinski definition) is 8. The maximum absolute atomic E-state index is 13.7. The summed E-state index contributed by atoms with van der Waals surface area (Å²) in [6.45, 7) is 2.37. The van der Waals surface area contributed by atoms with Crippen molar-refractivity contribution in [2.45, 2.75) is 32.7 Å². The van der Waals surface area contributed by atoms with Gasteiger partial charge in [0.1, 0.15) is 5.56 Å². The fourth-order valence-corrected chi connectivity index (χ4v) is 4.40. The van der Waals surface area contributed by atoms with Gasteiger partial charge in [0.15, 0.2) is 5.82 Å². The van der Waals surface area contributed by atoms with Gasteiger partial charge < -0.3 is 4.74 Å². The smallest absolute Gasteiger partial charge is 0.343 e. The third-order valence-electron chi connectivity index (χ3n) is 6.33. The number of benzene rings is 1. The second kappa shape index (κ2) is 10.6. The van der Waals surface area contributed by atoms with E-state index in [1.165, 1.54) is 22.6 Å². The van der Waals surface area contributed by atoms with Crippen LogP contribution in [0.4, 0.5) is 0 Å². The van der Waals surface area contributed by atoms with Crippen LogP contribution in [0, 0.1) is 0 Å². The van der Waals surface area contributed by atoms with E-state index in [-0.39, 0.29) is 17.8 Å². The molecule has 0 saturated carbocycles. The van der Waals surface area contributed by atoms with Gasteiger partial charge in [-0.3, -0.25) is 18.8 Å². The first-order chi connectivity index (χ1) is 18.5. The Hall–Kier alpha value is -4.87. The van der Waals surface area contributed by atoms with Crippen molar-refractivity contribution in [2.24, 2.45) is 7.05 Å². The third-order valence-corrected chi connectivity index (χ3v) is 6.33. The van der Waals surface area contributed by atoms with Gasteiger partial charge >= 0.3 is 11.7 Å². The molecule has 0 aliphatic rings. The molecule has 5 aromatic rings. The molecule has 194 valence electrons. The number of pyridine rings is 1. The van der Waals surface area contributed by atoms with E-state index in [1.54, 1.807) is 24.0 Å². The second-order valence-corrected chi connectivity index (χ2v) is 8.81. The molecular weight excluding hydrogens is 486 g/mol. The van der Waals surface area contributed by atoms with Gasteiger partial charge in [-0.25, -0.2) is 9.59 Å². The number of esters is 1. The Kier molecular flexibility index (Phi) is 6.94. The summed E-state index contributed by atoms with van der Waals surface area (Å²) in [5.41, 5.74) is 4.26. The number of methoxy groups -OCH3 is 1. The number of hydrogen-bond donors (Lipinski definition) is 1. The summed E-state index contributed by atoms with van der Waals surface area (Å²) < 4.78 is 9.56. The summed E-state index contributed by atoms with van der Waals surface area (Å²) in [7, 11) is 2.99. The van der Waals surface area contributed by atoms with E-state index in [4.69, 9.17) is 4.74 Å². The van der Waals surface area contributed by atoms with Gasteiger partial charge in [-0.1, -0.05) is 31.5 Å². The van der Waals surface area contributed by atoms with Crippen molar-refractivity contribution in [3.05, 3.63) is 82.4 Å². The van der Waals surface area contributed by atoms with Crippen LogP contribution in [-0.4, -0.2) is 57.6 Å². The monoisotopic (exact) mass is 513 g/mol. The van der Waals surface area contributed by atoms with E-state index in [9.17, 15) is 9.59 Å². The normalized spacial score (nSPS) is 11.1. The average molecular weight is 514 g/mol. The highest BCUT2D eigenvalue weighted by Crippen LogP contribution is 2.25. The van der Waals surface area contributed by atoms with Crippen molar-refractivity contribution in [3.8, 4) is 28.3 Å². The molecule has 1 aromatic carbocycles. The third kappa shape index (κ3) is 4.75. The standard InChI is InChI=1S/C26H27N9O3/c1-4-5-9-21-16-35(24-22(25(36)38-3)14-28-33(24)2)26(37)34(21)15-20-13-18(10-11-27-20)17-7-6-8-19(12-17)23-29-31-32-30-23/h6-8,10-14,16H,4-5,9,15H2,1-3H3,(H,29,30,31,32). The van der Waals surface area contributed by atoms with Crippen molar-refractivity contribution in [2.75, 3.05) is 7.11 Å². The fraction of sp³-hybridized carbons (Fsp3) is 0.269. The van der Waals surface area contributed by atoms with Crippen LogP contribution in [0.1, 0.15) is 41.5 Å². The number of unbranched alkanes of at least 4 members (excludes halogenated alkanes) is 1. The van der Waals surface area contributed by atoms with E-state index < -0.39 is 5.97 Å². The molecule has 0 bridgehead atoms. The first-order valence-corrected chi connectivity index (χ1v) is 12.2. The van der Waals surface area contributed by atoms with Crippen molar-refractivity contribution in [1.29, 1.82) is 0 Å². The average Bonchev–Trinajstić information content (AvgIpc) is 3.68. The molecule has 38 heavy (non-hydrogen) atoms. The number of nitrogens with zero attached hydrogens (tertiary/aromatic N) is 8. The molecule has 0 saturated heterocycles. The number of aromatic amines is 1. The lowest BCUT2D eigenvalue weighted by Gasteiger charge is -2.09. The van der Waals surface area contributed by atoms with Crippen LogP contribution < -0.4 is 5.69 Å². The molecule has 0 amide bonds. The summed E-state index contributed by atoms with van der Waals surface area (Å²) in [6, 6.07) is 11.7. The van der Waals surface area contributed by atoms with Gasteiger partial charge in [0, 0.05) is 30.7 Å². The number of tetrazole rings is 1. The molecule has 5 rings (SSSR count). The van der Waals surface area contributed by atoms with Gasteiger partial charge in [-0.05, 0) is 47.4 Å². The van der Waals surface area contributed by atoms with E-state index in [1.807, 2.05) is 36.4 Å². The Morgan fingerprint density at radius 1 is 1.13 bits per heavy atom. The van der Waals surface area contributed by atoms with Gasteiger partial charge in [0.05, 0.1) is 25.5 Å². The second-order valence-electron chi connectivity index (χ2n) is 8.81. The lowest BCUT2D eigenvalue weighted by molar-refractivity contribution is 0.0600. The van der Waals surface area contributed by atoms with E-state index in [0.29, 0.717) is 18.1 Å². The fourth-order valence-electron chi connectivity index (χ4n) is 4.40. The summed E-state index contributed by atoms with van der Waals surface area (Å²) in [6.07, 6.45) is 7.51. The van der Waals surface area contributed by atoms with Crippen LogP contribution in [0.2, 0.25) is 0 Å². The Balaban J connectivity index is 1.52. The number of aryl methyl sites for hydroxylation is 2. The molecule has 0 aliphatic carbocycles. The lowest BCUT2D eigenvalue weighted by Crippen LogP contribution is -2.27. The Bertz CT molecular complexity index is 1630. The van der Waals surface area contributed by atoms with Crippen LogP contribution >= 0.6 is 0 Å². The lowest BCUT2D eigenvalue weighted by atomic mass is 10.0. The molecule has 0 spiro atoms. The minimum absolute atomic E-state index is 0.220. The summed E-state index contributed by atoms with van der Waals surface area (Å²) in [5, 5.41) is 18.4. The van der Waals surface area contributed by atoms with Crippen molar-refractivity contribution < 1.29 is 9.53 Å². The summed E-state index contributed by atoms with van der Waals surface area (Å²) in [4.78, 5) is 30.6. The number of carbonyl (C=O) groups excluding carboxylic acids is 1. The van der Waals surface area contributed by atoms with E-state index >= 15 is 0 Å². The molecule has 0 aliphatic heterocycles. The van der Waals surface area contributed by atoms with Gasteiger partial charge in [-0.15, -0.1) is 10.2 Å². The first kappa shape index (κ1) is 24.8. The van der Waals surface area contributed by atoms with Crippen molar-refractivity contribution in [1.82, 2.24) is 44.5 Å². The molecule has 0 unspecified atom stereocenters.